The molecule has 0 amide bonds. The van der Waals surface area contributed by atoms with E-state index in [1.807, 2.05) is 0 Å². The van der Waals surface area contributed by atoms with Gasteiger partial charge in [-0.1, -0.05) is 55.5 Å². The first kappa shape index (κ1) is 14.7. The maximum atomic E-state index is 2.41. The van der Waals surface area contributed by atoms with Crippen LogP contribution in [0.5, 0.6) is 0 Å². The van der Waals surface area contributed by atoms with Crippen molar-refractivity contribution in [3.8, 4) is 0 Å². The molecule has 0 aromatic heterocycles. The predicted molar refractivity (Wildman–Crippen MR) is 111 cm³/mol. The van der Waals surface area contributed by atoms with Crippen LogP contribution in [-0.2, 0) is 6.42 Å². The Balaban J connectivity index is 2.22. The van der Waals surface area contributed by atoms with E-state index in [9.17, 15) is 0 Å². The van der Waals surface area contributed by atoms with E-state index in [1.165, 1.54) is 65.3 Å². The molecule has 0 N–H and O–H groups in total. The molecule has 0 spiro atoms. The van der Waals surface area contributed by atoms with Crippen molar-refractivity contribution < 1.29 is 0 Å². The summed E-state index contributed by atoms with van der Waals surface area (Å²) in [6.07, 6.45) is 1.07. The van der Waals surface area contributed by atoms with Gasteiger partial charge in [0, 0.05) is 0 Å². The topological polar surface area (TPSA) is 0 Å². The molecule has 0 heterocycles. The van der Waals surface area contributed by atoms with Crippen molar-refractivity contribution in [1.82, 2.24) is 0 Å². The summed E-state index contributed by atoms with van der Waals surface area (Å²) < 4.78 is 0. The molecule has 0 unspecified atom stereocenters. The maximum Gasteiger partial charge on any atom is -0.00260 e. The third-order valence-electron chi connectivity index (χ3n) is 5.58. The van der Waals surface area contributed by atoms with Crippen molar-refractivity contribution in [2.75, 3.05) is 0 Å². The quantitative estimate of drug-likeness (QED) is 0.226. The maximum absolute atomic E-state index is 2.41. The highest BCUT2D eigenvalue weighted by Gasteiger charge is 2.15. The van der Waals surface area contributed by atoms with Crippen LogP contribution in [-0.4, -0.2) is 0 Å². The normalized spacial score (nSPS) is 12.2. The summed E-state index contributed by atoms with van der Waals surface area (Å²) in [6, 6.07) is 18.9. The largest absolute Gasteiger partial charge is 0.0613 e. The monoisotopic (exact) mass is 322 g/mol. The number of rotatable bonds is 1. The lowest BCUT2D eigenvalue weighted by Gasteiger charge is -2.17. The fraction of sp³-hybridized carbons (Fsp3) is 0.200. The van der Waals surface area contributed by atoms with E-state index in [4.69, 9.17) is 0 Å². The summed E-state index contributed by atoms with van der Waals surface area (Å²) in [5.41, 5.74) is 5.43. The lowest BCUT2D eigenvalue weighted by molar-refractivity contribution is 1.15. The second-order valence-electron chi connectivity index (χ2n) is 7.63. The van der Waals surface area contributed by atoms with Crippen LogP contribution >= 0.6 is 0 Å². The second kappa shape index (κ2) is 4.95. The molecule has 0 fully saturated rings. The summed E-state index contributed by atoms with van der Waals surface area (Å²) in [4.78, 5) is 0. The molecule has 0 nitrogen and oxygen atoms in total. The van der Waals surface area contributed by atoms with Crippen LogP contribution in [0.15, 0.2) is 48.5 Å². The number of aryl methyl sites for hydroxylation is 4. The van der Waals surface area contributed by atoms with E-state index in [0.717, 1.165) is 6.42 Å². The molecule has 0 saturated heterocycles. The van der Waals surface area contributed by atoms with Crippen molar-refractivity contribution in [2.45, 2.75) is 34.1 Å². The van der Waals surface area contributed by atoms with E-state index in [-0.39, 0.29) is 0 Å². The first-order valence-corrected chi connectivity index (χ1v) is 9.18. The van der Waals surface area contributed by atoms with Crippen LogP contribution in [0.2, 0.25) is 0 Å². The molecule has 0 saturated carbocycles. The molecule has 0 bridgehead atoms. The van der Waals surface area contributed by atoms with Crippen LogP contribution in [0.25, 0.3) is 43.1 Å². The highest BCUT2D eigenvalue weighted by atomic mass is 14.2. The van der Waals surface area contributed by atoms with Crippen molar-refractivity contribution in [2.24, 2.45) is 0 Å². The van der Waals surface area contributed by atoms with Gasteiger partial charge in [0.25, 0.3) is 0 Å². The zero-order valence-electron chi connectivity index (χ0n) is 15.3. The Kier molecular flexibility index (Phi) is 2.92. The van der Waals surface area contributed by atoms with E-state index >= 15 is 0 Å². The van der Waals surface area contributed by atoms with Crippen LogP contribution < -0.4 is 0 Å². The standard InChI is InChI=1S/C25H22/c1-5-17-12-19-8-16(4)10-21-20-9-14(2)6-18-7-15(3)11-22(24(18)20)23(13-17)25(19)21/h6-13H,5H2,1-4H3. The van der Waals surface area contributed by atoms with Gasteiger partial charge in [0.15, 0.2) is 0 Å². The number of hydrogen-bond acceptors (Lipinski definition) is 0. The highest BCUT2D eigenvalue weighted by molar-refractivity contribution is 6.33. The Morgan fingerprint density at radius 1 is 0.520 bits per heavy atom. The third kappa shape index (κ3) is 2.00. The molecule has 25 heavy (non-hydrogen) atoms. The van der Waals surface area contributed by atoms with Crippen molar-refractivity contribution in [3.05, 3.63) is 70.8 Å². The van der Waals surface area contributed by atoms with Crippen LogP contribution in [0.1, 0.15) is 29.2 Å². The Hall–Kier alpha value is -2.60. The molecule has 0 heteroatoms. The second-order valence-corrected chi connectivity index (χ2v) is 7.63. The summed E-state index contributed by atoms with van der Waals surface area (Å²) in [6.45, 7) is 8.88. The Morgan fingerprint density at radius 3 is 1.36 bits per heavy atom. The van der Waals surface area contributed by atoms with Gasteiger partial charge in [-0.15, -0.1) is 0 Å². The van der Waals surface area contributed by atoms with Crippen LogP contribution in [0.3, 0.4) is 0 Å². The number of hydrogen-bond donors (Lipinski definition) is 0. The van der Waals surface area contributed by atoms with Gasteiger partial charge in [-0.05, 0) is 92.5 Å². The lowest BCUT2D eigenvalue weighted by atomic mass is 9.86. The summed E-state index contributed by atoms with van der Waals surface area (Å²) in [5, 5.41) is 11.2. The zero-order valence-corrected chi connectivity index (χ0v) is 15.3. The van der Waals surface area contributed by atoms with E-state index in [0.29, 0.717) is 0 Å². The minimum Gasteiger partial charge on any atom is -0.0613 e. The van der Waals surface area contributed by atoms with Gasteiger partial charge in [-0.2, -0.15) is 0 Å². The SMILES string of the molecule is CCc1cc2cc(C)cc3c4cc(C)cc5cc(C)cc(c(c1)c23)c54. The Morgan fingerprint density at radius 2 is 0.920 bits per heavy atom. The Bertz CT molecular complexity index is 1280. The van der Waals surface area contributed by atoms with Crippen LogP contribution in [0.4, 0.5) is 0 Å². The predicted octanol–water partition coefficient (Wildman–Crippen LogP) is 7.22. The minimum absolute atomic E-state index is 1.07. The molecule has 0 radical (unpaired) electrons. The average molecular weight is 322 g/mol. The van der Waals surface area contributed by atoms with E-state index in [2.05, 4.69) is 76.2 Å². The van der Waals surface area contributed by atoms with Gasteiger partial charge in [-0.3, -0.25) is 0 Å². The molecule has 0 aliphatic heterocycles. The summed E-state index contributed by atoms with van der Waals surface area (Å²) in [5.74, 6) is 0. The summed E-state index contributed by atoms with van der Waals surface area (Å²) in [7, 11) is 0. The number of benzene rings is 5. The zero-order chi connectivity index (χ0) is 17.3. The highest BCUT2D eigenvalue weighted by Crippen LogP contribution is 2.42. The fourth-order valence-electron chi connectivity index (χ4n) is 4.60. The van der Waals surface area contributed by atoms with E-state index < -0.39 is 0 Å². The van der Waals surface area contributed by atoms with Crippen molar-refractivity contribution in [1.29, 1.82) is 0 Å². The Labute approximate surface area is 148 Å². The first-order valence-electron chi connectivity index (χ1n) is 9.18. The molecule has 0 aliphatic carbocycles. The van der Waals surface area contributed by atoms with Gasteiger partial charge in [0.1, 0.15) is 0 Å². The lowest BCUT2D eigenvalue weighted by Crippen LogP contribution is -1.92. The van der Waals surface area contributed by atoms with Crippen molar-refractivity contribution in [3.63, 3.8) is 0 Å². The molecule has 5 rings (SSSR count). The molecule has 122 valence electrons. The van der Waals surface area contributed by atoms with Gasteiger partial charge in [0.05, 0.1) is 0 Å². The molecule has 0 atom stereocenters. The van der Waals surface area contributed by atoms with Gasteiger partial charge < -0.3 is 0 Å². The molecular formula is C25H22. The van der Waals surface area contributed by atoms with Crippen molar-refractivity contribution >= 4 is 43.1 Å². The molecular weight excluding hydrogens is 300 g/mol. The average Bonchev–Trinajstić information content (AvgIpc) is 2.57. The molecule has 0 aliphatic rings. The van der Waals surface area contributed by atoms with E-state index in [1.54, 1.807) is 0 Å². The molecule has 5 aromatic carbocycles. The first-order chi connectivity index (χ1) is 12.0. The third-order valence-corrected chi connectivity index (χ3v) is 5.58. The molecule has 5 aromatic rings. The summed E-state index contributed by atoms with van der Waals surface area (Å²) >= 11 is 0. The minimum atomic E-state index is 1.07. The number of fused-ring (bicyclic) bond motifs is 2. The smallest absolute Gasteiger partial charge is 0.00260 e. The fourth-order valence-corrected chi connectivity index (χ4v) is 4.60. The van der Waals surface area contributed by atoms with Crippen LogP contribution in [0, 0.1) is 20.8 Å². The van der Waals surface area contributed by atoms with Gasteiger partial charge >= 0.3 is 0 Å². The van der Waals surface area contributed by atoms with Gasteiger partial charge in [-0.25, -0.2) is 0 Å². The van der Waals surface area contributed by atoms with Gasteiger partial charge in [0.2, 0.25) is 0 Å².